The fourth-order valence-electron chi connectivity index (χ4n) is 2.58. The van der Waals surface area contributed by atoms with Gasteiger partial charge in [0.05, 0.1) is 24.5 Å². The molecule has 0 fully saturated rings. The molecule has 0 radical (unpaired) electrons. The molecule has 0 bridgehead atoms. The molecular formula is C23H24N2O3S2. The van der Waals surface area contributed by atoms with Crippen LogP contribution in [0.3, 0.4) is 0 Å². The maximum Gasteiger partial charge on any atom is 0.234 e. The summed E-state index contributed by atoms with van der Waals surface area (Å²) >= 11 is 3.22. The number of nitrogens with zero attached hydrogens (tertiary/aromatic N) is 1. The first-order valence-corrected chi connectivity index (χ1v) is 11.6. The molecule has 0 atom stereocenters. The van der Waals surface area contributed by atoms with Crippen LogP contribution in [0.2, 0.25) is 0 Å². The second kappa shape index (κ2) is 12.1. The van der Waals surface area contributed by atoms with E-state index in [4.69, 9.17) is 9.47 Å². The molecule has 1 heterocycles. The standard InChI is InChI=1S/C23H24N2O3S2/c1-27-20-8-10-21(11-9-20)28-13-14-29-17-22(26)25-19-6-4-5-18(15-19)16-30-23-7-2-3-12-24-23/h2-12,15H,13-14,16-17H2,1H3,(H,25,26). The van der Waals surface area contributed by atoms with Crippen molar-refractivity contribution in [1.82, 2.24) is 4.98 Å². The van der Waals surface area contributed by atoms with Crippen LogP contribution in [0.5, 0.6) is 11.5 Å². The number of pyridine rings is 1. The van der Waals surface area contributed by atoms with E-state index in [2.05, 4.69) is 16.4 Å². The van der Waals surface area contributed by atoms with Crippen LogP contribution in [0.4, 0.5) is 5.69 Å². The van der Waals surface area contributed by atoms with Crippen LogP contribution in [-0.2, 0) is 10.5 Å². The van der Waals surface area contributed by atoms with Gasteiger partial charge in [-0.3, -0.25) is 4.79 Å². The lowest BCUT2D eigenvalue weighted by atomic mass is 10.2. The van der Waals surface area contributed by atoms with E-state index in [1.165, 1.54) is 0 Å². The summed E-state index contributed by atoms with van der Waals surface area (Å²) in [6.45, 7) is 0.546. The van der Waals surface area contributed by atoms with Gasteiger partial charge in [0.25, 0.3) is 0 Å². The fraction of sp³-hybridized carbons (Fsp3) is 0.217. The Balaban J connectivity index is 1.35. The van der Waals surface area contributed by atoms with Crippen LogP contribution in [-0.4, -0.2) is 36.1 Å². The molecule has 0 saturated heterocycles. The van der Waals surface area contributed by atoms with E-state index in [0.29, 0.717) is 12.4 Å². The van der Waals surface area contributed by atoms with E-state index < -0.39 is 0 Å². The van der Waals surface area contributed by atoms with Crippen LogP contribution >= 0.6 is 23.5 Å². The molecule has 3 aromatic rings. The Morgan fingerprint density at radius 3 is 2.63 bits per heavy atom. The summed E-state index contributed by atoms with van der Waals surface area (Å²) in [5, 5.41) is 3.95. The monoisotopic (exact) mass is 440 g/mol. The minimum atomic E-state index is -0.0148. The third kappa shape index (κ3) is 7.65. The third-order valence-electron chi connectivity index (χ3n) is 4.02. The zero-order valence-corrected chi connectivity index (χ0v) is 18.4. The van der Waals surface area contributed by atoms with Gasteiger partial charge in [-0.15, -0.1) is 23.5 Å². The van der Waals surface area contributed by atoms with Crippen molar-refractivity contribution in [2.45, 2.75) is 10.8 Å². The molecule has 0 spiro atoms. The molecule has 0 aliphatic carbocycles. The number of hydrogen-bond donors (Lipinski definition) is 1. The van der Waals surface area contributed by atoms with Gasteiger partial charge in [-0.25, -0.2) is 4.98 Å². The molecule has 5 nitrogen and oxygen atoms in total. The second-order valence-corrected chi connectivity index (χ2v) is 8.38. The molecule has 7 heteroatoms. The number of carbonyl (C=O) groups is 1. The SMILES string of the molecule is COc1ccc(OCCSCC(=O)Nc2cccc(CSc3ccccn3)c2)cc1. The van der Waals surface area contributed by atoms with Crippen molar-refractivity contribution in [3.63, 3.8) is 0 Å². The smallest absolute Gasteiger partial charge is 0.234 e. The number of carbonyl (C=O) groups excluding carboxylic acids is 1. The minimum Gasteiger partial charge on any atom is -0.497 e. The fourth-order valence-corrected chi connectivity index (χ4v) is 3.99. The summed E-state index contributed by atoms with van der Waals surface area (Å²) in [7, 11) is 1.63. The Morgan fingerprint density at radius 2 is 1.87 bits per heavy atom. The minimum absolute atomic E-state index is 0.0148. The van der Waals surface area contributed by atoms with Gasteiger partial charge < -0.3 is 14.8 Å². The van der Waals surface area contributed by atoms with Gasteiger partial charge in [0.2, 0.25) is 5.91 Å². The Hall–Kier alpha value is -2.64. The molecule has 1 N–H and O–H groups in total. The summed E-state index contributed by atoms with van der Waals surface area (Å²) in [5.74, 6) is 3.50. The molecule has 0 aliphatic rings. The van der Waals surface area contributed by atoms with Crippen LogP contribution < -0.4 is 14.8 Å². The van der Waals surface area contributed by atoms with Gasteiger partial charge in [0.1, 0.15) is 11.5 Å². The van der Waals surface area contributed by atoms with Crippen molar-refractivity contribution in [3.05, 3.63) is 78.5 Å². The van der Waals surface area contributed by atoms with Gasteiger partial charge in [-0.1, -0.05) is 18.2 Å². The average molecular weight is 441 g/mol. The molecule has 0 unspecified atom stereocenters. The number of aromatic nitrogens is 1. The summed E-state index contributed by atoms with van der Waals surface area (Å²) in [4.78, 5) is 16.5. The molecule has 156 valence electrons. The predicted molar refractivity (Wildman–Crippen MR) is 125 cm³/mol. The van der Waals surface area contributed by atoms with Gasteiger partial charge in [0, 0.05) is 23.4 Å². The molecule has 3 rings (SSSR count). The molecule has 30 heavy (non-hydrogen) atoms. The number of amides is 1. The summed E-state index contributed by atoms with van der Waals surface area (Å²) in [6, 6.07) is 21.3. The molecule has 1 amide bonds. The highest BCUT2D eigenvalue weighted by molar-refractivity contribution is 8.00. The summed E-state index contributed by atoms with van der Waals surface area (Å²) in [6.07, 6.45) is 1.79. The Morgan fingerprint density at radius 1 is 1.03 bits per heavy atom. The lowest BCUT2D eigenvalue weighted by Gasteiger charge is -2.08. The lowest BCUT2D eigenvalue weighted by molar-refractivity contribution is -0.113. The van der Waals surface area contributed by atoms with Gasteiger partial charge in [0.15, 0.2) is 0 Å². The zero-order valence-electron chi connectivity index (χ0n) is 16.7. The molecular weight excluding hydrogens is 416 g/mol. The first kappa shape index (κ1) is 22.1. The van der Waals surface area contributed by atoms with Crippen molar-refractivity contribution in [2.75, 3.05) is 30.5 Å². The molecule has 0 aliphatic heterocycles. The molecule has 2 aromatic carbocycles. The topological polar surface area (TPSA) is 60.5 Å². The Bertz CT molecular complexity index is 921. The van der Waals surface area contributed by atoms with E-state index in [9.17, 15) is 4.79 Å². The number of benzene rings is 2. The number of hydrogen-bond acceptors (Lipinski definition) is 6. The van der Waals surface area contributed by atoms with Crippen molar-refractivity contribution >= 4 is 35.1 Å². The summed E-state index contributed by atoms with van der Waals surface area (Å²) < 4.78 is 10.8. The highest BCUT2D eigenvalue weighted by Gasteiger charge is 2.05. The van der Waals surface area contributed by atoms with Crippen LogP contribution in [0.1, 0.15) is 5.56 Å². The predicted octanol–water partition coefficient (Wildman–Crippen LogP) is 5.13. The zero-order chi connectivity index (χ0) is 21.0. The number of anilines is 1. The summed E-state index contributed by atoms with van der Waals surface area (Å²) in [5.41, 5.74) is 1.96. The quantitative estimate of drug-likeness (QED) is 0.329. The first-order chi connectivity index (χ1) is 14.7. The van der Waals surface area contributed by atoms with E-state index in [1.54, 1.807) is 36.8 Å². The first-order valence-electron chi connectivity index (χ1n) is 9.50. The highest BCUT2D eigenvalue weighted by Crippen LogP contribution is 2.22. The highest BCUT2D eigenvalue weighted by atomic mass is 32.2. The number of methoxy groups -OCH3 is 1. The second-order valence-electron chi connectivity index (χ2n) is 6.28. The number of rotatable bonds is 11. The van der Waals surface area contributed by atoms with Gasteiger partial charge >= 0.3 is 0 Å². The number of nitrogens with one attached hydrogen (secondary N) is 1. The molecule has 1 aromatic heterocycles. The molecule has 0 saturated carbocycles. The van der Waals surface area contributed by atoms with E-state index in [0.717, 1.165) is 39.3 Å². The Labute approximate surface area is 185 Å². The third-order valence-corrected chi connectivity index (χ3v) is 5.96. The largest absolute Gasteiger partial charge is 0.497 e. The van der Waals surface area contributed by atoms with Crippen molar-refractivity contribution in [3.8, 4) is 11.5 Å². The maximum absolute atomic E-state index is 12.2. The van der Waals surface area contributed by atoms with Crippen molar-refractivity contribution < 1.29 is 14.3 Å². The van der Waals surface area contributed by atoms with Gasteiger partial charge in [-0.2, -0.15) is 0 Å². The van der Waals surface area contributed by atoms with Gasteiger partial charge in [-0.05, 0) is 54.1 Å². The van der Waals surface area contributed by atoms with Crippen LogP contribution in [0, 0.1) is 0 Å². The van der Waals surface area contributed by atoms with Crippen molar-refractivity contribution in [1.29, 1.82) is 0 Å². The normalized spacial score (nSPS) is 10.4. The van der Waals surface area contributed by atoms with E-state index in [1.807, 2.05) is 60.7 Å². The van der Waals surface area contributed by atoms with E-state index in [-0.39, 0.29) is 5.91 Å². The van der Waals surface area contributed by atoms with Crippen LogP contribution in [0.25, 0.3) is 0 Å². The average Bonchev–Trinajstić information content (AvgIpc) is 2.79. The maximum atomic E-state index is 12.2. The Kier molecular flexibility index (Phi) is 8.93. The van der Waals surface area contributed by atoms with Crippen LogP contribution in [0.15, 0.2) is 78.0 Å². The number of thioether (sulfide) groups is 2. The van der Waals surface area contributed by atoms with Crippen molar-refractivity contribution in [2.24, 2.45) is 0 Å². The lowest BCUT2D eigenvalue weighted by Crippen LogP contribution is -2.15. The number of ether oxygens (including phenoxy) is 2. The van der Waals surface area contributed by atoms with E-state index >= 15 is 0 Å².